The fraction of sp³-hybridized carbons (Fsp3) is 0.769. The molecule has 1 aliphatic heterocycles. The van der Waals surface area contributed by atoms with Crippen LogP contribution in [0.15, 0.2) is 0 Å². The molecule has 3 nitrogen and oxygen atoms in total. The number of fused-ring (bicyclic) bond motifs is 1. The lowest BCUT2D eigenvalue weighted by Crippen LogP contribution is -2.37. The van der Waals surface area contributed by atoms with Gasteiger partial charge in [0.25, 0.3) is 0 Å². The molecular formula is C13H21N3S. The second kappa shape index (κ2) is 4.58. The van der Waals surface area contributed by atoms with Crippen LogP contribution in [0.1, 0.15) is 55.6 Å². The third-order valence-electron chi connectivity index (χ3n) is 4.04. The van der Waals surface area contributed by atoms with E-state index in [0.29, 0.717) is 6.04 Å². The van der Waals surface area contributed by atoms with Gasteiger partial charge in [-0.1, -0.05) is 0 Å². The van der Waals surface area contributed by atoms with Crippen molar-refractivity contribution in [1.29, 1.82) is 0 Å². The summed E-state index contributed by atoms with van der Waals surface area (Å²) in [6.07, 6.45) is 7.49. The van der Waals surface area contributed by atoms with Crippen molar-refractivity contribution >= 4 is 16.5 Å². The molecule has 0 aromatic carbocycles. The molecular weight excluding hydrogens is 230 g/mol. The van der Waals surface area contributed by atoms with Crippen molar-refractivity contribution in [3.05, 3.63) is 10.6 Å². The molecule has 0 spiro atoms. The molecule has 0 bridgehead atoms. The van der Waals surface area contributed by atoms with Crippen LogP contribution in [0.5, 0.6) is 0 Å². The molecule has 0 amide bonds. The van der Waals surface area contributed by atoms with Gasteiger partial charge in [0.15, 0.2) is 5.13 Å². The van der Waals surface area contributed by atoms with Crippen LogP contribution in [-0.4, -0.2) is 17.6 Å². The van der Waals surface area contributed by atoms with E-state index in [2.05, 4.69) is 11.8 Å². The molecule has 0 saturated carbocycles. The van der Waals surface area contributed by atoms with E-state index >= 15 is 0 Å². The van der Waals surface area contributed by atoms with Crippen molar-refractivity contribution < 1.29 is 0 Å². The van der Waals surface area contributed by atoms with E-state index in [9.17, 15) is 0 Å². The van der Waals surface area contributed by atoms with Gasteiger partial charge in [-0.3, -0.25) is 0 Å². The van der Waals surface area contributed by atoms with Gasteiger partial charge >= 0.3 is 0 Å². The van der Waals surface area contributed by atoms with Gasteiger partial charge in [0, 0.05) is 23.5 Å². The Hall–Kier alpha value is -0.610. The van der Waals surface area contributed by atoms with Crippen LogP contribution in [0.25, 0.3) is 0 Å². The first-order valence-electron chi connectivity index (χ1n) is 6.77. The van der Waals surface area contributed by atoms with Gasteiger partial charge in [0.1, 0.15) is 0 Å². The summed E-state index contributed by atoms with van der Waals surface area (Å²) in [5.74, 6) is 0. The molecule has 3 rings (SSSR count). The molecule has 2 heterocycles. The molecule has 17 heavy (non-hydrogen) atoms. The Labute approximate surface area is 107 Å². The Morgan fingerprint density at radius 2 is 2.18 bits per heavy atom. The van der Waals surface area contributed by atoms with E-state index < -0.39 is 0 Å². The van der Waals surface area contributed by atoms with E-state index in [0.717, 1.165) is 6.42 Å². The van der Waals surface area contributed by atoms with Crippen LogP contribution in [0.2, 0.25) is 0 Å². The largest absolute Gasteiger partial charge is 0.345 e. The van der Waals surface area contributed by atoms with Crippen LogP contribution in [0, 0.1) is 0 Å². The molecule has 1 fully saturated rings. The summed E-state index contributed by atoms with van der Waals surface area (Å²) in [4.78, 5) is 8.75. The molecule has 0 radical (unpaired) electrons. The minimum atomic E-state index is 0.184. The number of aromatic nitrogens is 1. The number of hydrogen-bond donors (Lipinski definition) is 1. The number of nitrogens with two attached hydrogens (primary N) is 1. The SMILES string of the molecule is CC1CCCCN1c1nc2c(s1)CCCC2N. The standard InChI is InChI=1S/C13H21N3S/c1-9-5-2-3-8-16(9)13-15-12-10(14)6-4-7-11(12)17-13/h9-10H,2-8,14H2,1H3. The third-order valence-corrected chi connectivity index (χ3v) is 5.20. The zero-order chi connectivity index (χ0) is 11.8. The Kier molecular flexibility index (Phi) is 3.09. The molecule has 2 N–H and O–H groups in total. The third kappa shape index (κ3) is 2.08. The van der Waals surface area contributed by atoms with Crippen molar-refractivity contribution in [3.8, 4) is 0 Å². The van der Waals surface area contributed by atoms with Crippen molar-refractivity contribution in [3.63, 3.8) is 0 Å². The molecule has 1 saturated heterocycles. The zero-order valence-corrected chi connectivity index (χ0v) is 11.3. The summed E-state index contributed by atoms with van der Waals surface area (Å²) in [6, 6.07) is 0.830. The Bertz CT molecular complexity index is 401. The van der Waals surface area contributed by atoms with Crippen LogP contribution < -0.4 is 10.6 Å². The van der Waals surface area contributed by atoms with E-state index in [1.165, 1.54) is 54.4 Å². The van der Waals surface area contributed by atoms with Gasteiger partial charge in [0.05, 0.1) is 5.69 Å². The van der Waals surface area contributed by atoms with Crippen LogP contribution in [-0.2, 0) is 6.42 Å². The second-order valence-electron chi connectivity index (χ2n) is 5.34. The van der Waals surface area contributed by atoms with Gasteiger partial charge in [-0.25, -0.2) is 4.98 Å². The average Bonchev–Trinajstić information content (AvgIpc) is 2.75. The minimum absolute atomic E-state index is 0.184. The van der Waals surface area contributed by atoms with Crippen molar-refractivity contribution in [2.45, 2.75) is 57.5 Å². The topological polar surface area (TPSA) is 42.2 Å². The summed E-state index contributed by atoms with van der Waals surface area (Å²) in [6.45, 7) is 3.49. The molecule has 94 valence electrons. The number of thiazole rings is 1. The first kappa shape index (κ1) is 11.5. The van der Waals surface area contributed by atoms with E-state index in [-0.39, 0.29) is 6.04 Å². The van der Waals surface area contributed by atoms with E-state index in [4.69, 9.17) is 10.7 Å². The van der Waals surface area contributed by atoms with Crippen molar-refractivity contribution in [1.82, 2.24) is 4.98 Å². The predicted molar refractivity (Wildman–Crippen MR) is 72.6 cm³/mol. The smallest absolute Gasteiger partial charge is 0.186 e. The molecule has 1 aromatic heterocycles. The first-order valence-corrected chi connectivity index (χ1v) is 7.59. The number of aryl methyl sites for hydroxylation is 1. The monoisotopic (exact) mass is 251 g/mol. The molecule has 2 atom stereocenters. The van der Waals surface area contributed by atoms with Crippen LogP contribution in [0.4, 0.5) is 5.13 Å². The highest BCUT2D eigenvalue weighted by molar-refractivity contribution is 7.15. The first-order chi connectivity index (χ1) is 8.25. The maximum absolute atomic E-state index is 6.15. The zero-order valence-electron chi connectivity index (χ0n) is 10.5. The maximum Gasteiger partial charge on any atom is 0.186 e. The Morgan fingerprint density at radius 1 is 1.29 bits per heavy atom. The number of nitrogens with zero attached hydrogens (tertiary/aromatic N) is 2. The quantitative estimate of drug-likeness (QED) is 0.834. The number of hydrogen-bond acceptors (Lipinski definition) is 4. The second-order valence-corrected chi connectivity index (χ2v) is 6.40. The lowest BCUT2D eigenvalue weighted by atomic mass is 9.99. The normalized spacial score (nSPS) is 29.2. The van der Waals surface area contributed by atoms with Gasteiger partial charge < -0.3 is 10.6 Å². The summed E-state index contributed by atoms with van der Waals surface area (Å²) in [7, 11) is 0. The van der Waals surface area contributed by atoms with Crippen molar-refractivity contribution in [2.75, 3.05) is 11.4 Å². The summed E-state index contributed by atoms with van der Waals surface area (Å²) < 4.78 is 0. The Morgan fingerprint density at radius 3 is 2.94 bits per heavy atom. The molecule has 2 aliphatic rings. The highest BCUT2D eigenvalue weighted by Crippen LogP contribution is 2.37. The fourth-order valence-corrected chi connectivity index (χ4v) is 4.24. The highest BCUT2D eigenvalue weighted by atomic mass is 32.1. The molecule has 4 heteroatoms. The fourth-order valence-electron chi connectivity index (χ4n) is 2.94. The minimum Gasteiger partial charge on any atom is -0.345 e. The molecule has 2 unspecified atom stereocenters. The van der Waals surface area contributed by atoms with Crippen LogP contribution in [0.3, 0.4) is 0 Å². The van der Waals surface area contributed by atoms with Crippen molar-refractivity contribution in [2.24, 2.45) is 5.73 Å². The number of rotatable bonds is 1. The predicted octanol–water partition coefficient (Wildman–Crippen LogP) is 2.86. The highest BCUT2D eigenvalue weighted by Gasteiger charge is 2.26. The van der Waals surface area contributed by atoms with Crippen LogP contribution >= 0.6 is 11.3 Å². The number of anilines is 1. The molecule has 1 aromatic rings. The maximum atomic E-state index is 6.15. The van der Waals surface area contributed by atoms with E-state index in [1.807, 2.05) is 11.3 Å². The van der Waals surface area contributed by atoms with Gasteiger partial charge in [0.2, 0.25) is 0 Å². The van der Waals surface area contributed by atoms with E-state index in [1.54, 1.807) is 0 Å². The summed E-state index contributed by atoms with van der Waals surface area (Å²) >= 11 is 1.88. The van der Waals surface area contributed by atoms with Gasteiger partial charge in [-0.15, -0.1) is 11.3 Å². The lowest BCUT2D eigenvalue weighted by molar-refractivity contribution is 0.483. The van der Waals surface area contributed by atoms with Gasteiger partial charge in [-0.2, -0.15) is 0 Å². The summed E-state index contributed by atoms with van der Waals surface area (Å²) in [5.41, 5.74) is 7.34. The number of piperidine rings is 1. The Balaban J connectivity index is 1.88. The lowest BCUT2D eigenvalue weighted by Gasteiger charge is -2.33. The summed E-state index contributed by atoms with van der Waals surface area (Å²) in [5, 5.41) is 1.22. The molecule has 1 aliphatic carbocycles. The van der Waals surface area contributed by atoms with Gasteiger partial charge in [-0.05, 0) is 45.4 Å². The average molecular weight is 251 g/mol.